The molecule has 17 heavy (non-hydrogen) atoms. The van der Waals surface area contributed by atoms with Gasteiger partial charge in [-0.1, -0.05) is 36.4 Å². The maximum Gasteiger partial charge on any atom is 0.196 e. The van der Waals surface area contributed by atoms with Gasteiger partial charge < -0.3 is 0 Å². The molecule has 0 atom stereocenters. The summed E-state index contributed by atoms with van der Waals surface area (Å²) in [6.45, 7) is 0. The molecule has 0 spiro atoms. The van der Waals surface area contributed by atoms with Crippen LogP contribution in [0.25, 0.3) is 21.5 Å². The van der Waals surface area contributed by atoms with Crippen LogP contribution in [0.3, 0.4) is 0 Å². The largest absolute Gasteiger partial charge is 0.288 e. The minimum Gasteiger partial charge on any atom is -0.288 e. The van der Waals surface area contributed by atoms with E-state index >= 15 is 0 Å². The molecule has 0 amide bonds. The van der Waals surface area contributed by atoms with Crippen LogP contribution in [-0.2, 0) is 0 Å². The zero-order valence-corrected chi connectivity index (χ0v) is 10.4. The Morgan fingerprint density at radius 1 is 0.941 bits per heavy atom. The number of hydrogen-bond donors (Lipinski definition) is 0. The molecular formula is C14H8BrNO. The van der Waals surface area contributed by atoms with E-state index in [0.29, 0.717) is 9.99 Å². The number of benzene rings is 1. The van der Waals surface area contributed by atoms with Crippen molar-refractivity contribution in [1.29, 1.82) is 0 Å². The van der Waals surface area contributed by atoms with Gasteiger partial charge in [0.15, 0.2) is 5.43 Å². The Hall–Kier alpha value is -1.74. The van der Waals surface area contributed by atoms with Crippen LogP contribution in [0.2, 0.25) is 0 Å². The molecule has 3 rings (SSSR count). The van der Waals surface area contributed by atoms with Crippen molar-refractivity contribution < 1.29 is 0 Å². The Balaban J connectivity index is 2.71. The van der Waals surface area contributed by atoms with Gasteiger partial charge in [0.05, 0.1) is 5.39 Å². The van der Waals surface area contributed by atoms with E-state index in [1.165, 1.54) is 0 Å². The molecule has 0 fully saturated rings. The van der Waals surface area contributed by atoms with Gasteiger partial charge in [0.2, 0.25) is 0 Å². The van der Waals surface area contributed by atoms with Crippen molar-refractivity contribution in [2.24, 2.45) is 0 Å². The predicted molar refractivity (Wildman–Crippen MR) is 73.2 cm³/mol. The summed E-state index contributed by atoms with van der Waals surface area (Å²) in [6, 6.07) is 13.4. The van der Waals surface area contributed by atoms with Crippen molar-refractivity contribution in [2.45, 2.75) is 0 Å². The third-order valence-corrected chi connectivity index (χ3v) is 3.41. The second-order valence-electron chi connectivity index (χ2n) is 3.82. The van der Waals surface area contributed by atoms with Gasteiger partial charge in [0, 0.05) is 11.6 Å². The number of nitrogens with zero attached hydrogens (tertiary/aromatic N) is 1. The molecule has 3 heteroatoms. The zero-order valence-electron chi connectivity index (χ0n) is 8.85. The zero-order chi connectivity index (χ0) is 11.8. The molecule has 1 aromatic heterocycles. The Kier molecular flexibility index (Phi) is 2.41. The molecule has 2 aromatic carbocycles. The van der Waals surface area contributed by atoms with E-state index in [9.17, 15) is 4.79 Å². The predicted octanol–water partition coefficient (Wildman–Crippen LogP) is 3.51. The van der Waals surface area contributed by atoms with Crippen LogP contribution in [0.15, 0.2) is 58.1 Å². The summed E-state index contributed by atoms with van der Waals surface area (Å²) in [5, 5.41) is 3.19. The maximum absolute atomic E-state index is 12.4. The van der Waals surface area contributed by atoms with Crippen molar-refractivity contribution in [3.8, 4) is 0 Å². The van der Waals surface area contributed by atoms with E-state index in [0.717, 1.165) is 16.2 Å². The average Bonchev–Trinajstić information content (AvgIpc) is 2.49. The molecule has 2 nitrogen and oxygen atoms in total. The van der Waals surface area contributed by atoms with Gasteiger partial charge in [-0.2, -0.15) is 0 Å². The molecule has 0 saturated heterocycles. The third kappa shape index (κ3) is 1.63. The number of halogens is 1. The summed E-state index contributed by atoms with van der Waals surface area (Å²) in [7, 11) is 0. The fourth-order valence-corrected chi connectivity index (χ4v) is 2.50. The summed E-state index contributed by atoms with van der Waals surface area (Å²) in [6.07, 6.45) is 1.69. The molecule has 0 aliphatic carbocycles. The first-order valence-corrected chi connectivity index (χ1v) is 6.03. The van der Waals surface area contributed by atoms with Crippen LogP contribution in [0, 0.1) is 0 Å². The summed E-state index contributed by atoms with van der Waals surface area (Å²) < 4.78 is 0.598. The van der Waals surface area contributed by atoms with Gasteiger partial charge >= 0.3 is 0 Å². The van der Waals surface area contributed by atoms with E-state index in [1.807, 2.05) is 42.5 Å². The van der Waals surface area contributed by atoms with E-state index in [1.54, 1.807) is 6.20 Å². The van der Waals surface area contributed by atoms with E-state index < -0.39 is 0 Å². The lowest BCUT2D eigenvalue weighted by atomic mass is 10.2. The van der Waals surface area contributed by atoms with Gasteiger partial charge in [-0.3, -0.25) is 4.79 Å². The number of hydrogen-bond acceptors (Lipinski definition) is 2. The van der Waals surface area contributed by atoms with Gasteiger partial charge in [-0.25, -0.2) is 4.98 Å². The first kappa shape index (κ1) is 10.4. The van der Waals surface area contributed by atoms with E-state index in [-0.39, 0.29) is 5.43 Å². The molecule has 0 saturated carbocycles. The van der Waals surface area contributed by atoms with Gasteiger partial charge in [0.25, 0.3) is 0 Å². The van der Waals surface area contributed by atoms with Crippen molar-refractivity contribution in [1.82, 2.24) is 4.98 Å². The van der Waals surface area contributed by atoms with Crippen molar-refractivity contribution in [2.75, 3.05) is 0 Å². The maximum atomic E-state index is 12.4. The fraction of sp³-hybridized carbons (Fsp3) is 0. The van der Waals surface area contributed by atoms with Crippen molar-refractivity contribution in [3.05, 3.63) is 63.5 Å². The molecule has 0 radical (unpaired) electrons. The topological polar surface area (TPSA) is 30.0 Å². The number of aromatic nitrogens is 1. The van der Waals surface area contributed by atoms with Crippen LogP contribution in [0.1, 0.15) is 0 Å². The van der Waals surface area contributed by atoms with Crippen LogP contribution >= 0.6 is 15.9 Å². The second kappa shape index (κ2) is 3.93. The first-order chi connectivity index (χ1) is 8.27. The van der Waals surface area contributed by atoms with Gasteiger partial charge in [0.1, 0.15) is 4.60 Å². The quantitative estimate of drug-likeness (QED) is 0.592. The molecule has 82 valence electrons. The molecule has 3 aromatic rings. The minimum absolute atomic E-state index is 0.0144. The highest BCUT2D eigenvalue weighted by Crippen LogP contribution is 2.20. The summed E-state index contributed by atoms with van der Waals surface area (Å²) in [5.41, 5.74) is 0.0144. The monoisotopic (exact) mass is 285 g/mol. The Morgan fingerprint density at radius 3 is 2.59 bits per heavy atom. The highest BCUT2D eigenvalue weighted by molar-refractivity contribution is 9.10. The smallest absolute Gasteiger partial charge is 0.196 e. The molecule has 1 heterocycles. The molecule has 0 aliphatic heterocycles. The molecule has 0 bridgehead atoms. The van der Waals surface area contributed by atoms with E-state index in [4.69, 9.17) is 0 Å². The summed E-state index contributed by atoms with van der Waals surface area (Å²) >= 11 is 3.34. The Bertz CT molecular complexity index is 783. The molecule has 0 unspecified atom stereocenters. The lowest BCUT2D eigenvalue weighted by Gasteiger charge is -1.93. The van der Waals surface area contributed by atoms with Gasteiger partial charge in [-0.05, 0) is 32.8 Å². The van der Waals surface area contributed by atoms with Crippen molar-refractivity contribution >= 4 is 37.5 Å². The van der Waals surface area contributed by atoms with Crippen LogP contribution in [0.5, 0.6) is 0 Å². The fourth-order valence-electron chi connectivity index (χ4n) is 1.98. The number of rotatable bonds is 0. The van der Waals surface area contributed by atoms with Crippen LogP contribution in [0.4, 0.5) is 0 Å². The molecule has 0 aliphatic rings. The summed E-state index contributed by atoms with van der Waals surface area (Å²) in [4.78, 5) is 16.6. The normalized spacial score (nSPS) is 10.9. The van der Waals surface area contributed by atoms with Gasteiger partial charge in [-0.15, -0.1) is 0 Å². The highest BCUT2D eigenvalue weighted by Gasteiger charge is 2.05. The van der Waals surface area contributed by atoms with E-state index in [2.05, 4.69) is 20.9 Å². The summed E-state index contributed by atoms with van der Waals surface area (Å²) in [5.74, 6) is 0. The minimum atomic E-state index is 0.0144. The lowest BCUT2D eigenvalue weighted by Crippen LogP contribution is -1.99. The first-order valence-electron chi connectivity index (χ1n) is 5.23. The number of fused-ring (bicyclic) bond motifs is 2. The highest BCUT2D eigenvalue weighted by atomic mass is 79.9. The van der Waals surface area contributed by atoms with Crippen LogP contribution < -0.4 is 5.43 Å². The lowest BCUT2D eigenvalue weighted by molar-refractivity contribution is 1.31. The van der Waals surface area contributed by atoms with Crippen molar-refractivity contribution in [3.63, 3.8) is 0 Å². The Morgan fingerprint density at radius 2 is 1.71 bits per heavy atom. The van der Waals surface area contributed by atoms with Crippen LogP contribution in [-0.4, -0.2) is 4.98 Å². The molecule has 0 N–H and O–H groups in total. The average molecular weight is 286 g/mol. The number of pyridine rings is 1. The second-order valence-corrected chi connectivity index (χ2v) is 4.57. The molecular weight excluding hydrogens is 278 g/mol. The SMILES string of the molecule is O=c1c2ccccc2ccc2ccnc(Br)c12. The Labute approximate surface area is 106 Å². The third-order valence-electron chi connectivity index (χ3n) is 2.81. The standard InChI is InChI=1S/C14H8BrNO/c15-14-12-10(7-8-16-14)6-5-9-3-1-2-4-11(9)13(12)17/h1-8H.